The number of hydrogen-bond acceptors (Lipinski definition) is 11. The van der Waals surface area contributed by atoms with E-state index in [1.165, 1.54) is 26.4 Å². The SMILES string of the molecule is C[Si](c1ccc(-c2cccnc2)cn1)(c1ccc(-c2ccccn2)cn1)c1ccc(-c2ccccn2)cn1.C[Si](c1ccccc1)(c1ccc(-c2cccnc2)cn1)c1ccc(-c2ccccn2)cn1.C[Si](c1ccccc1)(c1ccccc1)c1ccc(-c2ccccc2)cn1. The fourth-order valence-electron chi connectivity index (χ4n) is 12.0. The molecule has 11 heterocycles. The Balaban J connectivity index is 0.000000133. The summed E-state index contributed by atoms with van der Waals surface area (Å²) in [5.74, 6) is 0. The Hall–Kier alpha value is -11.8. The molecular weight excluding hydrogens is 1220 g/mol. The molecule has 0 saturated carbocycles. The van der Waals surface area contributed by atoms with E-state index in [4.69, 9.17) is 29.9 Å². The molecule has 1 atom stereocenters. The third kappa shape index (κ3) is 13.8. The van der Waals surface area contributed by atoms with Gasteiger partial charge in [0.05, 0.1) is 17.1 Å². The Morgan fingerprint density at radius 2 is 0.438 bits per heavy atom. The van der Waals surface area contributed by atoms with Crippen molar-refractivity contribution in [3.05, 3.63) is 354 Å². The first kappa shape index (κ1) is 63.0. The summed E-state index contributed by atoms with van der Waals surface area (Å²) >= 11 is 0. The van der Waals surface area contributed by atoms with E-state index in [2.05, 4.69) is 239 Å². The average molecular weight is 1290 g/mol. The van der Waals surface area contributed by atoms with E-state index in [1.54, 1.807) is 31.0 Å². The summed E-state index contributed by atoms with van der Waals surface area (Å²) in [4.78, 5) is 51.6. The molecular formula is C82H67N11Si3. The van der Waals surface area contributed by atoms with E-state index in [0.717, 1.165) is 88.2 Å². The topological polar surface area (TPSA) is 142 Å². The van der Waals surface area contributed by atoms with Crippen LogP contribution in [0, 0.1) is 0 Å². The van der Waals surface area contributed by atoms with Crippen molar-refractivity contribution in [3.63, 3.8) is 0 Å². The number of aromatic nitrogens is 11. The molecule has 15 aromatic rings. The first-order chi connectivity index (χ1) is 47.2. The van der Waals surface area contributed by atoms with Crippen molar-refractivity contribution in [2.24, 2.45) is 0 Å². The van der Waals surface area contributed by atoms with Gasteiger partial charge >= 0.3 is 0 Å². The summed E-state index contributed by atoms with van der Waals surface area (Å²) in [5, 5.41) is 10.3. The molecule has 11 aromatic heterocycles. The van der Waals surface area contributed by atoms with Gasteiger partial charge < -0.3 is 0 Å². The maximum absolute atomic E-state index is 4.97. The van der Waals surface area contributed by atoms with Crippen LogP contribution in [0.2, 0.25) is 19.6 Å². The molecule has 15 rings (SSSR count). The zero-order valence-corrected chi connectivity index (χ0v) is 56.4. The van der Waals surface area contributed by atoms with Crippen LogP contribution in [0.15, 0.2) is 354 Å². The fourth-order valence-corrected chi connectivity index (χ4v) is 21.6. The van der Waals surface area contributed by atoms with Gasteiger partial charge in [0, 0.05) is 151 Å². The molecule has 0 bridgehead atoms. The van der Waals surface area contributed by atoms with E-state index in [0.29, 0.717) is 0 Å². The predicted molar refractivity (Wildman–Crippen MR) is 398 cm³/mol. The minimum atomic E-state index is -2.64. The second kappa shape index (κ2) is 29.4. The van der Waals surface area contributed by atoms with E-state index in [-0.39, 0.29) is 0 Å². The first-order valence-corrected chi connectivity index (χ1v) is 39.3. The monoisotopic (exact) mass is 1290 g/mol. The van der Waals surface area contributed by atoms with E-state index in [9.17, 15) is 0 Å². The van der Waals surface area contributed by atoms with Crippen LogP contribution in [0.5, 0.6) is 0 Å². The highest BCUT2D eigenvalue weighted by Gasteiger charge is 2.40. The Kier molecular flexibility index (Phi) is 19.3. The minimum Gasteiger partial charge on any atom is -0.265 e. The van der Waals surface area contributed by atoms with Gasteiger partial charge in [-0.25, -0.2) is 0 Å². The van der Waals surface area contributed by atoms with E-state index < -0.39 is 24.2 Å². The quantitative estimate of drug-likeness (QED) is 0.0906. The van der Waals surface area contributed by atoms with Gasteiger partial charge in [-0.1, -0.05) is 189 Å². The van der Waals surface area contributed by atoms with Crippen LogP contribution in [-0.4, -0.2) is 79.0 Å². The lowest BCUT2D eigenvalue weighted by atomic mass is 10.1. The van der Waals surface area contributed by atoms with Crippen LogP contribution < -0.4 is 47.5 Å². The van der Waals surface area contributed by atoms with Gasteiger partial charge in [0.1, 0.15) is 0 Å². The van der Waals surface area contributed by atoms with Crippen molar-refractivity contribution in [2.45, 2.75) is 19.6 Å². The highest BCUT2D eigenvalue weighted by Crippen LogP contribution is 2.23. The van der Waals surface area contributed by atoms with Gasteiger partial charge in [0.25, 0.3) is 0 Å². The molecule has 0 radical (unpaired) electrons. The maximum Gasteiger partial charge on any atom is 0.212 e. The van der Waals surface area contributed by atoms with Crippen LogP contribution in [-0.2, 0) is 0 Å². The molecule has 462 valence electrons. The molecule has 11 nitrogen and oxygen atoms in total. The van der Waals surface area contributed by atoms with Crippen LogP contribution in [0.3, 0.4) is 0 Å². The second-order valence-electron chi connectivity index (χ2n) is 23.6. The molecule has 0 aliphatic rings. The number of rotatable bonds is 15. The molecule has 0 aliphatic carbocycles. The molecule has 1 unspecified atom stereocenters. The largest absolute Gasteiger partial charge is 0.265 e. The Labute approximate surface area is 563 Å². The lowest BCUT2D eigenvalue weighted by Gasteiger charge is -2.28. The number of benzene rings is 4. The number of nitrogens with zero attached hydrogens (tertiary/aromatic N) is 11. The molecule has 0 spiro atoms. The normalized spacial score (nSPS) is 11.8. The molecule has 0 N–H and O–H groups in total. The van der Waals surface area contributed by atoms with Crippen LogP contribution in [0.1, 0.15) is 0 Å². The second-order valence-corrected chi connectivity index (χ2v) is 35.1. The molecule has 4 aromatic carbocycles. The molecule has 0 aliphatic heterocycles. The average Bonchev–Trinajstić information content (AvgIpc) is 0.799. The molecule has 0 saturated heterocycles. The van der Waals surface area contributed by atoms with Crippen LogP contribution >= 0.6 is 0 Å². The van der Waals surface area contributed by atoms with E-state index in [1.807, 2.05) is 128 Å². The van der Waals surface area contributed by atoms with Crippen molar-refractivity contribution < 1.29 is 0 Å². The van der Waals surface area contributed by atoms with Crippen molar-refractivity contribution in [1.29, 1.82) is 0 Å². The summed E-state index contributed by atoms with van der Waals surface area (Å²) < 4.78 is 0. The van der Waals surface area contributed by atoms with Crippen molar-refractivity contribution in [1.82, 2.24) is 54.8 Å². The molecule has 96 heavy (non-hydrogen) atoms. The predicted octanol–water partition coefficient (Wildman–Crippen LogP) is 11.7. The van der Waals surface area contributed by atoms with E-state index >= 15 is 0 Å². The summed E-state index contributed by atoms with van der Waals surface area (Å²) in [5.41, 5.74) is 12.2. The van der Waals surface area contributed by atoms with Crippen molar-refractivity contribution in [3.8, 4) is 67.2 Å². The van der Waals surface area contributed by atoms with Gasteiger partial charge in [0.2, 0.25) is 8.07 Å². The van der Waals surface area contributed by atoms with Gasteiger partial charge in [-0.3, -0.25) is 54.8 Å². The van der Waals surface area contributed by atoms with Crippen LogP contribution in [0.4, 0.5) is 0 Å². The lowest BCUT2D eigenvalue weighted by Crippen LogP contribution is -2.67. The highest BCUT2D eigenvalue weighted by atomic mass is 28.3. The van der Waals surface area contributed by atoms with Gasteiger partial charge in [0.15, 0.2) is 16.1 Å². The Bertz CT molecular complexity index is 4550. The van der Waals surface area contributed by atoms with Crippen molar-refractivity contribution >= 4 is 71.7 Å². The standard InChI is InChI=1S/C31H24N6Si.C27H22N4Si.C24H21NSi/c1-38(29-13-10-24(20-35-29)23-7-6-16-32-19-23,30-14-11-25(21-36-30)27-8-2-4-17-33-27)31-15-12-26(22-37-31)28-9-3-5-18-34-28;1-32(24-9-3-2-4-10-24,26-14-12-22(19-30-26)21-8-7-16-28-18-21)27-15-13-23(20-31-27)25-11-5-6-17-29-25;1-26(22-13-7-3-8-14-22,23-15-9-4-10-16-23)24-18-17-21(19-25-24)20-11-5-2-6-12-20/h2-22H,1H3;2-20H,1H3;2-19H,1H3. The van der Waals surface area contributed by atoms with Crippen molar-refractivity contribution in [2.75, 3.05) is 0 Å². The highest BCUT2D eigenvalue weighted by molar-refractivity contribution is 7.11. The summed E-state index contributed by atoms with van der Waals surface area (Å²) in [7, 11) is -7.14. The molecule has 0 amide bonds. The maximum atomic E-state index is 4.97. The Morgan fingerprint density at radius 3 is 0.729 bits per heavy atom. The Morgan fingerprint density at radius 1 is 0.177 bits per heavy atom. The number of hydrogen-bond donors (Lipinski definition) is 0. The minimum absolute atomic E-state index is 0.895. The summed E-state index contributed by atoms with van der Waals surface area (Å²) in [6.45, 7) is 6.96. The fraction of sp³-hybridized carbons (Fsp3) is 0.0366. The zero-order chi connectivity index (χ0) is 65.4. The smallest absolute Gasteiger partial charge is 0.212 e. The zero-order valence-electron chi connectivity index (χ0n) is 53.4. The van der Waals surface area contributed by atoms with Crippen LogP contribution in [0.25, 0.3) is 67.2 Å². The van der Waals surface area contributed by atoms with Gasteiger partial charge in [-0.2, -0.15) is 0 Å². The summed E-state index contributed by atoms with van der Waals surface area (Å²) in [6.07, 6.45) is 24.3. The number of pyridine rings is 11. The third-order valence-electron chi connectivity index (χ3n) is 17.7. The molecule has 0 fully saturated rings. The first-order valence-electron chi connectivity index (χ1n) is 31.8. The lowest BCUT2D eigenvalue weighted by molar-refractivity contribution is 1.27. The molecule has 14 heteroatoms. The third-order valence-corrected chi connectivity index (χ3v) is 30.1. The van der Waals surface area contributed by atoms with Gasteiger partial charge in [-0.05, 0) is 130 Å². The summed E-state index contributed by atoms with van der Waals surface area (Å²) in [6, 6.07) is 93.9. The van der Waals surface area contributed by atoms with Gasteiger partial charge in [-0.15, -0.1) is 0 Å².